The van der Waals surface area contributed by atoms with Crippen LogP contribution < -0.4 is 10.6 Å². The van der Waals surface area contributed by atoms with E-state index < -0.39 is 0 Å². The van der Waals surface area contributed by atoms with Gasteiger partial charge in [0.1, 0.15) is 0 Å². The van der Waals surface area contributed by atoms with Crippen molar-refractivity contribution in [2.24, 2.45) is 10.9 Å². The molecule has 0 fully saturated rings. The van der Waals surface area contributed by atoms with Gasteiger partial charge in [-0.3, -0.25) is 4.99 Å². The molecule has 0 saturated carbocycles. The zero-order valence-corrected chi connectivity index (χ0v) is 15.9. The highest BCUT2D eigenvalue weighted by Crippen LogP contribution is 2.13. The topological polar surface area (TPSA) is 54.2 Å². The van der Waals surface area contributed by atoms with Crippen molar-refractivity contribution in [1.82, 2.24) is 20.4 Å². The largest absolute Gasteiger partial charge is 0.357 e. The fourth-order valence-corrected chi connectivity index (χ4v) is 2.56. The second-order valence-corrected chi connectivity index (χ2v) is 6.66. The van der Waals surface area contributed by atoms with Gasteiger partial charge in [-0.25, -0.2) is 4.68 Å². The first-order chi connectivity index (χ1) is 12.1. The average Bonchev–Trinajstić information content (AvgIpc) is 2.98. The van der Waals surface area contributed by atoms with E-state index in [0.717, 1.165) is 49.8 Å². The van der Waals surface area contributed by atoms with E-state index >= 15 is 0 Å². The lowest BCUT2D eigenvalue weighted by Gasteiger charge is -2.11. The second kappa shape index (κ2) is 9.87. The molecule has 0 unspecified atom stereocenters. The van der Waals surface area contributed by atoms with E-state index in [1.165, 1.54) is 5.56 Å². The number of aryl methyl sites for hydroxylation is 2. The fourth-order valence-electron chi connectivity index (χ4n) is 2.56. The molecular formula is C20H31N5. The molecule has 1 aromatic heterocycles. The summed E-state index contributed by atoms with van der Waals surface area (Å²) in [4.78, 5) is 4.60. The van der Waals surface area contributed by atoms with Crippen LogP contribution in [0.4, 0.5) is 0 Å². The first kappa shape index (κ1) is 19.0. The maximum atomic E-state index is 4.63. The number of benzene rings is 1. The van der Waals surface area contributed by atoms with Crippen molar-refractivity contribution >= 4 is 5.96 Å². The Hall–Kier alpha value is -2.30. The van der Waals surface area contributed by atoms with Crippen LogP contribution in [-0.2, 0) is 6.42 Å². The van der Waals surface area contributed by atoms with Crippen LogP contribution in [0, 0.1) is 12.8 Å². The van der Waals surface area contributed by atoms with Gasteiger partial charge in [0.15, 0.2) is 5.96 Å². The molecule has 2 aromatic rings. The molecule has 0 atom stereocenters. The molecule has 0 spiro atoms. The highest BCUT2D eigenvalue weighted by Gasteiger charge is 2.06. The Bertz CT molecular complexity index is 658. The Balaban J connectivity index is 1.85. The smallest absolute Gasteiger partial charge is 0.191 e. The van der Waals surface area contributed by atoms with Crippen molar-refractivity contribution in [1.29, 1.82) is 0 Å². The van der Waals surface area contributed by atoms with E-state index in [4.69, 9.17) is 0 Å². The Kier molecular flexibility index (Phi) is 7.51. The van der Waals surface area contributed by atoms with Crippen LogP contribution in [0.15, 0.2) is 41.5 Å². The second-order valence-electron chi connectivity index (χ2n) is 6.66. The molecular weight excluding hydrogens is 310 g/mol. The van der Waals surface area contributed by atoms with Gasteiger partial charge in [-0.05, 0) is 50.3 Å². The van der Waals surface area contributed by atoms with Gasteiger partial charge in [-0.2, -0.15) is 5.10 Å². The van der Waals surface area contributed by atoms with Crippen LogP contribution >= 0.6 is 0 Å². The lowest BCUT2D eigenvalue weighted by Crippen LogP contribution is -2.38. The van der Waals surface area contributed by atoms with E-state index in [1.807, 2.05) is 22.9 Å². The van der Waals surface area contributed by atoms with Crippen molar-refractivity contribution < 1.29 is 0 Å². The van der Waals surface area contributed by atoms with E-state index in [9.17, 15) is 0 Å². The van der Waals surface area contributed by atoms with Crippen LogP contribution in [0.25, 0.3) is 5.69 Å². The van der Waals surface area contributed by atoms with Gasteiger partial charge in [0.2, 0.25) is 0 Å². The Labute approximate surface area is 151 Å². The minimum absolute atomic E-state index is 0.571. The van der Waals surface area contributed by atoms with E-state index in [1.54, 1.807) is 0 Å². The zero-order chi connectivity index (χ0) is 18.1. The van der Waals surface area contributed by atoms with E-state index in [2.05, 4.69) is 66.7 Å². The number of nitrogens with one attached hydrogen (secondary N) is 2. The van der Waals surface area contributed by atoms with Crippen LogP contribution in [0.3, 0.4) is 0 Å². The predicted octanol–water partition coefficient (Wildman–Crippen LogP) is 3.32. The molecule has 5 heteroatoms. The van der Waals surface area contributed by atoms with Crippen LogP contribution in [-0.4, -0.2) is 35.4 Å². The molecule has 1 heterocycles. The average molecular weight is 342 g/mol. The molecule has 1 aromatic carbocycles. The normalized spacial score (nSPS) is 11.8. The summed E-state index contributed by atoms with van der Waals surface area (Å²) in [6, 6.07) is 10.2. The van der Waals surface area contributed by atoms with E-state index in [-0.39, 0.29) is 0 Å². The van der Waals surface area contributed by atoms with Gasteiger partial charge in [-0.1, -0.05) is 32.0 Å². The molecule has 0 bridgehead atoms. The summed E-state index contributed by atoms with van der Waals surface area (Å²) in [7, 11) is 0. The number of aromatic nitrogens is 2. The first-order valence-electron chi connectivity index (χ1n) is 9.23. The Morgan fingerprint density at radius 3 is 2.64 bits per heavy atom. The number of nitrogens with zero attached hydrogens (tertiary/aromatic N) is 3. The third kappa shape index (κ3) is 6.25. The van der Waals surface area contributed by atoms with Crippen molar-refractivity contribution in [3.63, 3.8) is 0 Å². The van der Waals surface area contributed by atoms with Crippen molar-refractivity contribution in [3.8, 4) is 5.69 Å². The molecule has 0 aliphatic heterocycles. The lowest BCUT2D eigenvalue weighted by atomic mass is 10.1. The number of para-hydroxylation sites is 1. The number of guanidine groups is 1. The maximum absolute atomic E-state index is 4.63. The SMILES string of the molecule is CCNC(=NCC(C)C)NCCCc1cn(-c2ccccc2)nc1C. The number of hydrogen-bond acceptors (Lipinski definition) is 2. The molecule has 0 saturated heterocycles. The third-order valence-corrected chi connectivity index (χ3v) is 3.90. The standard InChI is InChI=1S/C20H31N5/c1-5-21-20(23-14-16(2)3)22-13-9-10-18-15-25(24-17(18)4)19-11-7-6-8-12-19/h6-8,11-12,15-16H,5,9-10,13-14H2,1-4H3,(H2,21,22,23). The van der Waals surface area contributed by atoms with E-state index in [0.29, 0.717) is 5.92 Å². The van der Waals surface area contributed by atoms with Gasteiger partial charge >= 0.3 is 0 Å². The minimum Gasteiger partial charge on any atom is -0.357 e. The number of aliphatic imine (C=N–C) groups is 1. The molecule has 2 rings (SSSR count). The molecule has 136 valence electrons. The summed E-state index contributed by atoms with van der Waals surface area (Å²) in [5.41, 5.74) is 3.50. The van der Waals surface area contributed by atoms with Gasteiger partial charge in [-0.15, -0.1) is 0 Å². The fraction of sp³-hybridized carbons (Fsp3) is 0.500. The maximum Gasteiger partial charge on any atom is 0.191 e. The lowest BCUT2D eigenvalue weighted by molar-refractivity contribution is 0.654. The molecule has 25 heavy (non-hydrogen) atoms. The molecule has 2 N–H and O–H groups in total. The Morgan fingerprint density at radius 2 is 1.96 bits per heavy atom. The van der Waals surface area contributed by atoms with Crippen LogP contribution in [0.5, 0.6) is 0 Å². The number of hydrogen-bond donors (Lipinski definition) is 2. The summed E-state index contributed by atoms with van der Waals surface area (Å²) in [6.07, 6.45) is 4.20. The first-order valence-corrected chi connectivity index (χ1v) is 9.23. The zero-order valence-electron chi connectivity index (χ0n) is 15.9. The van der Waals surface area contributed by atoms with Gasteiger partial charge in [0, 0.05) is 25.8 Å². The van der Waals surface area contributed by atoms with Crippen LogP contribution in [0.1, 0.15) is 38.4 Å². The Morgan fingerprint density at radius 1 is 1.20 bits per heavy atom. The highest BCUT2D eigenvalue weighted by atomic mass is 15.3. The predicted molar refractivity (Wildman–Crippen MR) is 105 cm³/mol. The molecule has 5 nitrogen and oxygen atoms in total. The summed E-state index contributed by atoms with van der Waals surface area (Å²) >= 11 is 0. The third-order valence-electron chi connectivity index (χ3n) is 3.90. The highest BCUT2D eigenvalue weighted by molar-refractivity contribution is 5.79. The van der Waals surface area contributed by atoms with Gasteiger partial charge in [0.05, 0.1) is 11.4 Å². The minimum atomic E-state index is 0.571. The number of rotatable bonds is 8. The quantitative estimate of drug-likeness (QED) is 0.440. The van der Waals surface area contributed by atoms with Crippen LogP contribution in [0.2, 0.25) is 0 Å². The molecule has 0 radical (unpaired) electrons. The monoisotopic (exact) mass is 341 g/mol. The van der Waals surface area contributed by atoms with Crippen molar-refractivity contribution in [3.05, 3.63) is 47.8 Å². The summed E-state index contributed by atoms with van der Waals surface area (Å²) in [5.74, 6) is 1.48. The summed E-state index contributed by atoms with van der Waals surface area (Å²) in [5, 5.41) is 11.3. The summed E-state index contributed by atoms with van der Waals surface area (Å²) < 4.78 is 1.96. The van der Waals surface area contributed by atoms with Crippen molar-refractivity contribution in [2.75, 3.05) is 19.6 Å². The molecule has 0 aliphatic rings. The summed E-state index contributed by atoms with van der Waals surface area (Å²) in [6.45, 7) is 11.2. The van der Waals surface area contributed by atoms with Gasteiger partial charge in [0.25, 0.3) is 0 Å². The van der Waals surface area contributed by atoms with Crippen molar-refractivity contribution in [2.45, 2.75) is 40.5 Å². The molecule has 0 amide bonds. The molecule has 0 aliphatic carbocycles. The van der Waals surface area contributed by atoms with Gasteiger partial charge < -0.3 is 10.6 Å².